The van der Waals surface area contributed by atoms with Gasteiger partial charge in [-0.05, 0) is 19.8 Å². The Kier molecular flexibility index (Phi) is 8.94. The molecule has 0 aromatic heterocycles. The zero-order valence-corrected chi connectivity index (χ0v) is 15.8. The Morgan fingerprint density at radius 1 is 1.14 bits per heavy atom. The molecule has 0 aromatic carbocycles. The largest absolute Gasteiger partial charge is 0.481 e. The number of amides is 3. The van der Waals surface area contributed by atoms with Crippen molar-refractivity contribution >= 4 is 29.7 Å². The molecule has 29 heavy (non-hydrogen) atoms. The Morgan fingerprint density at radius 3 is 2.24 bits per heavy atom. The van der Waals surface area contributed by atoms with Gasteiger partial charge in [0.25, 0.3) is 0 Å². The molecule has 1 aliphatic heterocycles. The highest BCUT2D eigenvalue weighted by atomic mass is 16.4. The number of rotatable bonds is 10. The lowest BCUT2D eigenvalue weighted by atomic mass is 10.1. The van der Waals surface area contributed by atoms with Crippen LogP contribution in [-0.2, 0) is 24.0 Å². The highest BCUT2D eigenvalue weighted by Crippen LogP contribution is 2.19. The minimum atomic E-state index is -1.56. The molecule has 5 atom stereocenters. The average molecular weight is 418 g/mol. The number of nitrogens with zero attached hydrogens (tertiary/aromatic N) is 1. The Morgan fingerprint density at radius 2 is 1.76 bits per heavy atom. The summed E-state index contributed by atoms with van der Waals surface area (Å²) in [5, 5.41) is 41.3. The summed E-state index contributed by atoms with van der Waals surface area (Å²) < 4.78 is 0. The van der Waals surface area contributed by atoms with Gasteiger partial charge < -0.3 is 41.7 Å². The third-order valence-electron chi connectivity index (χ3n) is 4.41. The average Bonchev–Trinajstić information content (AvgIpc) is 3.12. The number of carboxylic acids is 2. The molecular formula is C16H26N4O9. The van der Waals surface area contributed by atoms with Crippen LogP contribution >= 0.6 is 0 Å². The van der Waals surface area contributed by atoms with Crippen LogP contribution in [0.25, 0.3) is 0 Å². The predicted octanol–water partition coefficient (Wildman–Crippen LogP) is -3.79. The number of aliphatic hydroxyl groups is 2. The number of hydrogen-bond donors (Lipinski definition) is 7. The first-order valence-corrected chi connectivity index (χ1v) is 8.89. The highest BCUT2D eigenvalue weighted by molar-refractivity contribution is 5.95. The molecule has 164 valence electrons. The molecule has 0 saturated carbocycles. The summed E-state index contributed by atoms with van der Waals surface area (Å²) in [5.41, 5.74) is 5.38. The van der Waals surface area contributed by atoms with Gasteiger partial charge in [-0.2, -0.15) is 0 Å². The lowest BCUT2D eigenvalue weighted by Gasteiger charge is -2.29. The van der Waals surface area contributed by atoms with E-state index in [0.29, 0.717) is 6.42 Å². The van der Waals surface area contributed by atoms with E-state index in [0.717, 1.165) is 4.90 Å². The lowest BCUT2D eigenvalue weighted by Crippen LogP contribution is -2.60. The van der Waals surface area contributed by atoms with Crippen molar-refractivity contribution in [3.63, 3.8) is 0 Å². The maximum Gasteiger partial charge on any atom is 0.326 e. The minimum Gasteiger partial charge on any atom is -0.481 e. The minimum absolute atomic E-state index is 0.138. The number of hydrogen-bond acceptors (Lipinski definition) is 8. The van der Waals surface area contributed by atoms with Gasteiger partial charge in [0.15, 0.2) is 0 Å². The van der Waals surface area contributed by atoms with Crippen LogP contribution in [0, 0.1) is 0 Å². The van der Waals surface area contributed by atoms with E-state index in [4.69, 9.17) is 10.8 Å². The molecule has 5 unspecified atom stereocenters. The third kappa shape index (κ3) is 6.66. The molecule has 3 amide bonds. The first-order valence-electron chi connectivity index (χ1n) is 8.89. The van der Waals surface area contributed by atoms with E-state index in [9.17, 15) is 39.3 Å². The third-order valence-corrected chi connectivity index (χ3v) is 4.41. The van der Waals surface area contributed by atoms with Gasteiger partial charge in [0.2, 0.25) is 17.7 Å². The predicted molar refractivity (Wildman–Crippen MR) is 95.2 cm³/mol. The normalized spacial score (nSPS) is 20.3. The number of nitrogens with one attached hydrogen (secondary N) is 2. The Labute approximate surface area is 165 Å². The lowest BCUT2D eigenvalue weighted by molar-refractivity contribution is -0.150. The summed E-state index contributed by atoms with van der Waals surface area (Å²) in [4.78, 5) is 59.8. The van der Waals surface area contributed by atoms with Gasteiger partial charge in [-0.1, -0.05) is 0 Å². The molecule has 1 aliphatic rings. The van der Waals surface area contributed by atoms with Crippen LogP contribution < -0.4 is 16.4 Å². The Hall–Kier alpha value is -2.77. The summed E-state index contributed by atoms with van der Waals surface area (Å²) >= 11 is 0. The molecule has 0 aliphatic carbocycles. The van der Waals surface area contributed by atoms with Crippen molar-refractivity contribution in [3.05, 3.63) is 0 Å². The molecule has 0 spiro atoms. The Balaban J connectivity index is 2.84. The number of nitrogens with two attached hydrogens (primary N) is 1. The van der Waals surface area contributed by atoms with Gasteiger partial charge in [0.1, 0.15) is 18.1 Å². The quantitative estimate of drug-likeness (QED) is 0.183. The van der Waals surface area contributed by atoms with E-state index in [1.807, 2.05) is 0 Å². The summed E-state index contributed by atoms with van der Waals surface area (Å²) in [5.74, 6) is -5.40. The van der Waals surface area contributed by atoms with Crippen molar-refractivity contribution in [1.29, 1.82) is 0 Å². The summed E-state index contributed by atoms with van der Waals surface area (Å²) in [6.45, 7) is 0.461. The SMILES string of the molecule is CC(O)C(NC(=O)C(CO)NC(=O)C(N)CC(=O)O)C(=O)N1CCCC1C(=O)O. The van der Waals surface area contributed by atoms with Crippen LogP contribution in [0.4, 0.5) is 0 Å². The van der Waals surface area contributed by atoms with E-state index in [1.54, 1.807) is 0 Å². The van der Waals surface area contributed by atoms with Gasteiger partial charge >= 0.3 is 11.9 Å². The van der Waals surface area contributed by atoms with Crippen LogP contribution in [0.5, 0.6) is 0 Å². The fourth-order valence-corrected chi connectivity index (χ4v) is 2.86. The van der Waals surface area contributed by atoms with E-state index in [1.165, 1.54) is 6.92 Å². The number of aliphatic hydroxyl groups excluding tert-OH is 2. The molecule has 1 saturated heterocycles. The molecule has 1 heterocycles. The second-order valence-electron chi connectivity index (χ2n) is 6.70. The van der Waals surface area contributed by atoms with Crippen molar-refractivity contribution < 1.29 is 44.4 Å². The fraction of sp³-hybridized carbons (Fsp3) is 0.688. The topological polar surface area (TPSA) is 220 Å². The molecule has 13 nitrogen and oxygen atoms in total. The zero-order chi connectivity index (χ0) is 22.3. The van der Waals surface area contributed by atoms with Crippen molar-refractivity contribution in [2.45, 2.75) is 56.5 Å². The van der Waals surface area contributed by atoms with Crippen LogP contribution in [-0.4, -0.2) is 98.4 Å². The molecule has 1 fully saturated rings. The van der Waals surface area contributed by atoms with Gasteiger partial charge in [0, 0.05) is 6.54 Å². The van der Waals surface area contributed by atoms with Crippen molar-refractivity contribution in [3.8, 4) is 0 Å². The van der Waals surface area contributed by atoms with Crippen molar-refractivity contribution in [2.24, 2.45) is 5.73 Å². The van der Waals surface area contributed by atoms with E-state index in [2.05, 4.69) is 10.6 Å². The van der Waals surface area contributed by atoms with Crippen molar-refractivity contribution in [2.75, 3.05) is 13.2 Å². The molecule has 1 rings (SSSR count). The van der Waals surface area contributed by atoms with Crippen LogP contribution in [0.3, 0.4) is 0 Å². The van der Waals surface area contributed by atoms with Gasteiger partial charge in [-0.25, -0.2) is 4.79 Å². The Bertz CT molecular complexity index is 654. The van der Waals surface area contributed by atoms with E-state index < -0.39 is 73.0 Å². The standard InChI is InChI=1S/C16H26N4O9/c1-7(22)12(15(27)20-4-2-3-10(20)16(28)29)19-14(26)9(6-21)18-13(25)8(17)5-11(23)24/h7-10,12,21-22H,2-6,17H2,1H3,(H,18,25)(H,19,26)(H,23,24)(H,28,29). The van der Waals surface area contributed by atoms with E-state index in [-0.39, 0.29) is 13.0 Å². The summed E-state index contributed by atoms with van der Waals surface area (Å²) in [7, 11) is 0. The molecule has 0 aromatic rings. The smallest absolute Gasteiger partial charge is 0.326 e. The van der Waals surface area contributed by atoms with Gasteiger partial charge in [-0.15, -0.1) is 0 Å². The molecule has 0 bridgehead atoms. The maximum atomic E-state index is 12.7. The van der Waals surface area contributed by atoms with Crippen molar-refractivity contribution in [1.82, 2.24) is 15.5 Å². The second kappa shape index (κ2) is 10.7. The van der Waals surface area contributed by atoms with Gasteiger partial charge in [-0.3, -0.25) is 19.2 Å². The van der Waals surface area contributed by atoms with E-state index >= 15 is 0 Å². The van der Waals surface area contributed by atoms with Crippen LogP contribution in [0.15, 0.2) is 0 Å². The highest BCUT2D eigenvalue weighted by Gasteiger charge is 2.40. The number of likely N-dealkylation sites (tertiary alicyclic amines) is 1. The first kappa shape index (κ1) is 24.3. The maximum absolute atomic E-state index is 12.7. The number of carboxylic acid groups (broad SMARTS) is 2. The summed E-state index contributed by atoms with van der Waals surface area (Å²) in [6, 6.07) is -5.63. The summed E-state index contributed by atoms with van der Waals surface area (Å²) in [6.07, 6.45) is -1.42. The number of aliphatic carboxylic acids is 2. The molecule has 8 N–H and O–H groups in total. The molecule has 13 heteroatoms. The van der Waals surface area contributed by atoms with Gasteiger partial charge in [0.05, 0.1) is 25.2 Å². The number of carbonyl (C=O) groups excluding carboxylic acids is 3. The molecular weight excluding hydrogens is 392 g/mol. The molecule has 0 radical (unpaired) electrons. The fourth-order valence-electron chi connectivity index (χ4n) is 2.86. The zero-order valence-electron chi connectivity index (χ0n) is 15.8. The second-order valence-corrected chi connectivity index (χ2v) is 6.70. The first-order chi connectivity index (χ1) is 13.5. The number of carbonyl (C=O) groups is 5. The van der Waals surface area contributed by atoms with Crippen LogP contribution in [0.1, 0.15) is 26.2 Å². The van der Waals surface area contributed by atoms with Crippen LogP contribution in [0.2, 0.25) is 0 Å². The monoisotopic (exact) mass is 418 g/mol.